The number of hydrogen-bond donors (Lipinski definition) is 2. The van der Waals surface area contributed by atoms with Gasteiger partial charge in [0.25, 0.3) is 0 Å². The number of amides is 1. The molecule has 3 heterocycles. The molecule has 3 aromatic rings. The Hall–Kier alpha value is -3.83. The van der Waals surface area contributed by atoms with E-state index in [9.17, 15) is 4.79 Å². The third-order valence-corrected chi connectivity index (χ3v) is 7.34. The maximum Gasteiger partial charge on any atom is 0.407 e. The topological polar surface area (TPSA) is 119 Å². The molecule has 0 aliphatic carbocycles. The number of nitrogens with one attached hydrogen (secondary N) is 1. The lowest BCUT2D eigenvalue weighted by Crippen LogP contribution is -2.41. The molecule has 11 nitrogen and oxygen atoms in total. The van der Waals surface area contributed by atoms with Crippen molar-refractivity contribution in [3.8, 4) is 17.2 Å². The molecule has 5 rings (SSSR count). The van der Waals surface area contributed by atoms with Gasteiger partial charge in [0.15, 0.2) is 11.5 Å². The second-order valence-electron chi connectivity index (χ2n) is 10.1. The van der Waals surface area contributed by atoms with Gasteiger partial charge in [0, 0.05) is 62.7 Å². The van der Waals surface area contributed by atoms with Crippen LogP contribution in [0, 0.1) is 6.92 Å². The molecule has 0 atom stereocenters. The van der Waals surface area contributed by atoms with Gasteiger partial charge in [-0.05, 0) is 43.2 Å². The Morgan fingerprint density at radius 1 is 1.07 bits per heavy atom. The Morgan fingerprint density at radius 3 is 2.60 bits per heavy atom. The molecule has 2 saturated heterocycles. The standard InChI is InChI=1S/C29H37N5O6/c1-20-16-21(4-5-25(20)40-22-6-9-34(10-7-22)29(35)36)32-28-23-17-27(26(37-2)18-24(23)30-19-31-28)39-13-3-8-33-11-14-38-15-12-33/h4-5,16-19,22H,3,6-15H2,1-2H3,(H,35,36)(H,30,31,32). The van der Waals surface area contributed by atoms with Crippen LogP contribution in [0.1, 0.15) is 24.8 Å². The van der Waals surface area contributed by atoms with E-state index in [1.54, 1.807) is 7.11 Å². The van der Waals surface area contributed by atoms with Gasteiger partial charge in [0.05, 0.1) is 32.4 Å². The van der Waals surface area contributed by atoms with Gasteiger partial charge >= 0.3 is 6.09 Å². The van der Waals surface area contributed by atoms with Crippen molar-refractivity contribution in [2.75, 3.05) is 65.0 Å². The Labute approximate surface area is 234 Å². The zero-order valence-electron chi connectivity index (χ0n) is 23.1. The van der Waals surface area contributed by atoms with E-state index < -0.39 is 6.09 Å². The van der Waals surface area contributed by atoms with E-state index >= 15 is 0 Å². The van der Waals surface area contributed by atoms with E-state index in [1.165, 1.54) is 11.2 Å². The third kappa shape index (κ3) is 6.83. The monoisotopic (exact) mass is 551 g/mol. The third-order valence-electron chi connectivity index (χ3n) is 7.34. The lowest BCUT2D eigenvalue weighted by molar-refractivity contribution is 0.0357. The summed E-state index contributed by atoms with van der Waals surface area (Å²) in [6.07, 6.45) is 2.92. The molecule has 0 radical (unpaired) electrons. The molecule has 40 heavy (non-hydrogen) atoms. The number of anilines is 2. The highest BCUT2D eigenvalue weighted by Crippen LogP contribution is 2.35. The van der Waals surface area contributed by atoms with Gasteiger partial charge in [-0.25, -0.2) is 14.8 Å². The minimum absolute atomic E-state index is 0.00110. The molecule has 2 aliphatic heterocycles. The van der Waals surface area contributed by atoms with Crippen LogP contribution in [0.3, 0.4) is 0 Å². The number of hydrogen-bond acceptors (Lipinski definition) is 9. The number of morpholine rings is 1. The molecule has 1 aromatic heterocycles. The van der Waals surface area contributed by atoms with Crippen LogP contribution in [0.5, 0.6) is 17.2 Å². The highest BCUT2D eigenvalue weighted by Gasteiger charge is 2.24. The van der Waals surface area contributed by atoms with Crippen molar-refractivity contribution < 1.29 is 28.8 Å². The number of rotatable bonds is 10. The average molecular weight is 552 g/mol. The summed E-state index contributed by atoms with van der Waals surface area (Å²) in [7, 11) is 1.63. The minimum Gasteiger partial charge on any atom is -0.493 e. The van der Waals surface area contributed by atoms with Crippen molar-refractivity contribution in [1.29, 1.82) is 0 Å². The van der Waals surface area contributed by atoms with E-state index in [1.807, 2.05) is 37.3 Å². The highest BCUT2D eigenvalue weighted by atomic mass is 16.5. The van der Waals surface area contributed by atoms with Gasteiger partial charge in [-0.3, -0.25) is 4.90 Å². The summed E-state index contributed by atoms with van der Waals surface area (Å²) >= 11 is 0. The van der Waals surface area contributed by atoms with Crippen molar-refractivity contribution in [2.24, 2.45) is 0 Å². The summed E-state index contributed by atoms with van der Waals surface area (Å²) in [5.74, 6) is 2.75. The molecule has 0 saturated carbocycles. The second kappa shape index (κ2) is 13.0. The molecule has 11 heteroatoms. The number of methoxy groups -OCH3 is 1. The summed E-state index contributed by atoms with van der Waals surface area (Å²) in [6.45, 7) is 8.03. The maximum atomic E-state index is 11.2. The maximum absolute atomic E-state index is 11.2. The van der Waals surface area contributed by atoms with Crippen LogP contribution in [-0.2, 0) is 4.74 Å². The van der Waals surface area contributed by atoms with Crippen molar-refractivity contribution in [2.45, 2.75) is 32.3 Å². The highest BCUT2D eigenvalue weighted by molar-refractivity contribution is 5.93. The zero-order valence-corrected chi connectivity index (χ0v) is 23.1. The molecule has 1 amide bonds. The quantitative estimate of drug-likeness (QED) is 0.353. The van der Waals surface area contributed by atoms with E-state index in [-0.39, 0.29) is 6.10 Å². The molecule has 2 N–H and O–H groups in total. The Balaban J connectivity index is 1.25. The number of nitrogens with zero attached hydrogens (tertiary/aromatic N) is 4. The fourth-order valence-electron chi connectivity index (χ4n) is 5.07. The molecule has 0 bridgehead atoms. The van der Waals surface area contributed by atoms with Crippen molar-refractivity contribution in [3.05, 3.63) is 42.2 Å². The minimum atomic E-state index is -0.872. The zero-order chi connectivity index (χ0) is 27.9. The molecule has 2 aliphatic rings. The number of carboxylic acid groups (broad SMARTS) is 1. The summed E-state index contributed by atoms with van der Waals surface area (Å²) in [5, 5.41) is 13.4. The van der Waals surface area contributed by atoms with Gasteiger partial charge < -0.3 is 34.3 Å². The summed E-state index contributed by atoms with van der Waals surface area (Å²) < 4.78 is 23.4. The first-order chi connectivity index (χ1) is 19.5. The number of likely N-dealkylation sites (tertiary alicyclic amines) is 1. The summed E-state index contributed by atoms with van der Waals surface area (Å²) in [4.78, 5) is 23.9. The molecule has 0 unspecified atom stereocenters. The van der Waals surface area contributed by atoms with Gasteiger partial charge in [-0.1, -0.05) is 0 Å². The van der Waals surface area contributed by atoms with Crippen LogP contribution in [0.2, 0.25) is 0 Å². The van der Waals surface area contributed by atoms with E-state index in [0.717, 1.165) is 67.2 Å². The predicted molar refractivity (Wildman–Crippen MR) is 151 cm³/mol. The first-order valence-corrected chi connectivity index (χ1v) is 13.8. The Kier molecular flexibility index (Phi) is 9.02. The van der Waals surface area contributed by atoms with Crippen LogP contribution >= 0.6 is 0 Å². The molecular weight excluding hydrogens is 514 g/mol. The van der Waals surface area contributed by atoms with Crippen molar-refractivity contribution in [3.63, 3.8) is 0 Å². The fourth-order valence-corrected chi connectivity index (χ4v) is 5.07. The first-order valence-electron chi connectivity index (χ1n) is 13.8. The van der Waals surface area contributed by atoms with Crippen LogP contribution < -0.4 is 19.5 Å². The molecular formula is C29H37N5O6. The summed E-state index contributed by atoms with van der Waals surface area (Å²) in [6, 6.07) is 9.71. The average Bonchev–Trinajstić information content (AvgIpc) is 2.97. The van der Waals surface area contributed by atoms with E-state index in [0.29, 0.717) is 49.9 Å². The number of fused-ring (bicyclic) bond motifs is 1. The fraction of sp³-hybridized carbons (Fsp3) is 0.483. The van der Waals surface area contributed by atoms with Crippen LogP contribution in [-0.4, -0.2) is 96.7 Å². The van der Waals surface area contributed by atoms with Crippen LogP contribution in [0.15, 0.2) is 36.7 Å². The largest absolute Gasteiger partial charge is 0.493 e. The number of benzene rings is 2. The number of carbonyl (C=O) groups is 1. The van der Waals surface area contributed by atoms with Crippen LogP contribution in [0.4, 0.5) is 16.3 Å². The van der Waals surface area contributed by atoms with Gasteiger partial charge in [-0.2, -0.15) is 0 Å². The molecule has 2 aromatic carbocycles. The summed E-state index contributed by atoms with van der Waals surface area (Å²) in [5.41, 5.74) is 2.60. The molecule has 2 fully saturated rings. The molecule has 0 spiro atoms. The Bertz CT molecular complexity index is 1310. The number of piperidine rings is 1. The number of aryl methyl sites for hydroxylation is 1. The van der Waals surface area contributed by atoms with E-state index in [4.69, 9.17) is 24.1 Å². The normalized spacial score (nSPS) is 16.6. The van der Waals surface area contributed by atoms with Crippen LogP contribution in [0.25, 0.3) is 10.9 Å². The predicted octanol–water partition coefficient (Wildman–Crippen LogP) is 4.31. The number of aromatic nitrogens is 2. The first kappa shape index (κ1) is 27.7. The van der Waals surface area contributed by atoms with Gasteiger partial charge in [0.1, 0.15) is 24.0 Å². The lowest BCUT2D eigenvalue weighted by atomic mass is 10.1. The molecule has 214 valence electrons. The van der Waals surface area contributed by atoms with Gasteiger partial charge in [0.2, 0.25) is 0 Å². The SMILES string of the molecule is COc1cc2ncnc(Nc3ccc(OC4CCN(C(=O)O)CC4)c(C)c3)c2cc1OCCCN1CCOCC1. The second-order valence-corrected chi connectivity index (χ2v) is 10.1. The smallest absolute Gasteiger partial charge is 0.407 e. The van der Waals surface area contributed by atoms with Crippen molar-refractivity contribution in [1.82, 2.24) is 19.8 Å². The van der Waals surface area contributed by atoms with Crippen molar-refractivity contribution >= 4 is 28.5 Å². The van der Waals surface area contributed by atoms with Gasteiger partial charge in [-0.15, -0.1) is 0 Å². The lowest BCUT2D eigenvalue weighted by Gasteiger charge is -2.30. The Morgan fingerprint density at radius 2 is 1.88 bits per heavy atom. The number of ether oxygens (including phenoxy) is 4. The van der Waals surface area contributed by atoms with E-state index in [2.05, 4.69) is 20.2 Å².